The molecule has 24 heavy (non-hydrogen) atoms. The van der Waals surface area contributed by atoms with E-state index in [9.17, 15) is 8.42 Å². The lowest BCUT2D eigenvalue weighted by molar-refractivity contribution is 0.603. The van der Waals surface area contributed by atoms with Crippen molar-refractivity contribution in [1.29, 1.82) is 0 Å². The van der Waals surface area contributed by atoms with E-state index in [0.29, 0.717) is 12.4 Å². The molecule has 0 fully saturated rings. The number of aromatic nitrogens is 2. The van der Waals surface area contributed by atoms with Crippen LogP contribution in [0.25, 0.3) is 0 Å². The fraction of sp³-hybridized carbons (Fsp3) is 0.125. The molecule has 3 aromatic rings. The van der Waals surface area contributed by atoms with Gasteiger partial charge in [-0.25, -0.2) is 8.42 Å². The Kier molecular flexibility index (Phi) is 4.77. The maximum Gasteiger partial charge on any atom is 0.272 e. The second kappa shape index (κ2) is 6.98. The van der Waals surface area contributed by atoms with Crippen LogP contribution in [0.4, 0.5) is 11.6 Å². The minimum Gasteiger partial charge on any atom is -0.365 e. The summed E-state index contributed by atoms with van der Waals surface area (Å²) in [5.74, 6) is 0.764. The Morgan fingerprint density at radius 2 is 1.67 bits per heavy atom. The molecule has 0 saturated heterocycles. The number of nitrogens with zero attached hydrogens (tertiary/aromatic N) is 2. The van der Waals surface area contributed by atoms with Crippen LogP contribution in [0.5, 0.6) is 0 Å². The summed E-state index contributed by atoms with van der Waals surface area (Å²) in [5, 5.41) is 11.0. The van der Waals surface area contributed by atoms with Crippen molar-refractivity contribution in [3.63, 3.8) is 0 Å². The lowest BCUT2D eigenvalue weighted by atomic mass is 10.2. The second-order valence-corrected chi connectivity index (χ2v) is 8.31. The van der Waals surface area contributed by atoms with Crippen molar-refractivity contribution in [3.8, 4) is 0 Å². The Morgan fingerprint density at radius 3 is 2.29 bits per heavy atom. The number of aryl methyl sites for hydroxylation is 1. The minimum absolute atomic E-state index is 0.186. The van der Waals surface area contributed by atoms with E-state index in [0.717, 1.165) is 10.4 Å². The molecule has 0 unspecified atom stereocenters. The van der Waals surface area contributed by atoms with Crippen molar-refractivity contribution < 1.29 is 8.42 Å². The van der Waals surface area contributed by atoms with Crippen LogP contribution in [-0.4, -0.2) is 18.6 Å². The lowest BCUT2D eigenvalue weighted by Gasteiger charge is -2.07. The van der Waals surface area contributed by atoms with Gasteiger partial charge in [0.05, 0.1) is 0 Å². The molecule has 8 heteroatoms. The van der Waals surface area contributed by atoms with Crippen molar-refractivity contribution in [2.75, 3.05) is 10.0 Å². The van der Waals surface area contributed by atoms with E-state index in [1.807, 2.05) is 37.3 Å². The summed E-state index contributed by atoms with van der Waals surface area (Å²) in [4.78, 5) is 0.932. The summed E-state index contributed by atoms with van der Waals surface area (Å²) < 4.78 is 27.1. The van der Waals surface area contributed by atoms with Crippen LogP contribution in [0.2, 0.25) is 0 Å². The van der Waals surface area contributed by atoms with Crippen molar-refractivity contribution in [1.82, 2.24) is 10.2 Å². The van der Waals surface area contributed by atoms with E-state index in [2.05, 4.69) is 20.2 Å². The number of hydrogen-bond donors (Lipinski definition) is 2. The van der Waals surface area contributed by atoms with Gasteiger partial charge in [0.25, 0.3) is 10.0 Å². The number of benzene rings is 1. The first-order valence-electron chi connectivity index (χ1n) is 7.24. The first kappa shape index (κ1) is 16.4. The molecule has 2 aromatic heterocycles. The van der Waals surface area contributed by atoms with Gasteiger partial charge >= 0.3 is 0 Å². The van der Waals surface area contributed by atoms with Gasteiger partial charge in [-0.05, 0) is 36.8 Å². The highest BCUT2D eigenvalue weighted by molar-refractivity contribution is 7.94. The summed E-state index contributed by atoms with van der Waals surface area (Å²) >= 11 is 1.21. The van der Waals surface area contributed by atoms with Crippen LogP contribution in [0.1, 0.15) is 10.4 Å². The van der Waals surface area contributed by atoms with Gasteiger partial charge in [0.15, 0.2) is 5.82 Å². The van der Waals surface area contributed by atoms with Gasteiger partial charge in [0.1, 0.15) is 10.0 Å². The molecule has 2 heterocycles. The fourth-order valence-electron chi connectivity index (χ4n) is 2.01. The molecule has 0 radical (unpaired) electrons. The Bertz CT molecular complexity index is 907. The molecule has 0 aliphatic carbocycles. The third kappa shape index (κ3) is 4.09. The molecule has 0 saturated carbocycles. The molecule has 1 aromatic carbocycles. The summed E-state index contributed by atoms with van der Waals surface area (Å²) in [5.41, 5.74) is 1.12. The Hall–Kier alpha value is -2.45. The molecule has 0 aliphatic heterocycles. The maximum atomic E-state index is 12.2. The molecule has 6 nitrogen and oxygen atoms in total. The zero-order valence-electron chi connectivity index (χ0n) is 12.9. The number of nitrogens with one attached hydrogen (secondary N) is 2. The summed E-state index contributed by atoms with van der Waals surface area (Å²) in [7, 11) is -3.62. The monoisotopic (exact) mass is 360 g/mol. The van der Waals surface area contributed by atoms with E-state index in [-0.39, 0.29) is 10.0 Å². The molecule has 0 atom stereocenters. The highest BCUT2D eigenvalue weighted by Crippen LogP contribution is 2.22. The minimum atomic E-state index is -3.62. The van der Waals surface area contributed by atoms with E-state index in [4.69, 9.17) is 0 Å². The van der Waals surface area contributed by atoms with Crippen LogP contribution < -0.4 is 10.0 Å². The second-order valence-electron chi connectivity index (χ2n) is 5.11. The SMILES string of the molecule is Cc1ccc(S(=O)(=O)Nc2ccc(NCc3ccccc3)nn2)s1. The van der Waals surface area contributed by atoms with Gasteiger partial charge in [0, 0.05) is 11.4 Å². The summed E-state index contributed by atoms with van der Waals surface area (Å²) in [6.07, 6.45) is 0. The van der Waals surface area contributed by atoms with Crippen LogP contribution in [0.15, 0.2) is 58.8 Å². The Balaban J connectivity index is 1.64. The molecule has 2 N–H and O–H groups in total. The predicted molar refractivity (Wildman–Crippen MR) is 95.7 cm³/mol. The average molecular weight is 360 g/mol. The third-order valence-corrected chi connectivity index (χ3v) is 6.05. The van der Waals surface area contributed by atoms with Gasteiger partial charge in [-0.3, -0.25) is 4.72 Å². The van der Waals surface area contributed by atoms with Gasteiger partial charge in [-0.1, -0.05) is 30.3 Å². The maximum absolute atomic E-state index is 12.2. The molecular weight excluding hydrogens is 344 g/mol. The summed E-state index contributed by atoms with van der Waals surface area (Å²) in [6.45, 7) is 2.48. The Labute approximate surface area is 144 Å². The van der Waals surface area contributed by atoms with E-state index >= 15 is 0 Å². The molecule has 124 valence electrons. The first-order valence-corrected chi connectivity index (χ1v) is 9.54. The molecule has 0 aliphatic rings. The first-order chi connectivity index (χ1) is 11.5. The lowest BCUT2D eigenvalue weighted by Crippen LogP contribution is -2.13. The van der Waals surface area contributed by atoms with Crippen LogP contribution in [0.3, 0.4) is 0 Å². The number of hydrogen-bond acceptors (Lipinski definition) is 6. The highest BCUT2D eigenvalue weighted by Gasteiger charge is 2.17. The predicted octanol–water partition coefficient (Wildman–Crippen LogP) is 3.26. The quantitative estimate of drug-likeness (QED) is 0.705. The van der Waals surface area contributed by atoms with Crippen molar-refractivity contribution >= 4 is 33.0 Å². The molecule has 0 amide bonds. The van der Waals surface area contributed by atoms with E-state index < -0.39 is 10.0 Å². The number of anilines is 2. The number of thiophene rings is 1. The average Bonchev–Trinajstić information content (AvgIpc) is 3.02. The van der Waals surface area contributed by atoms with Gasteiger partial charge in [-0.2, -0.15) is 0 Å². The van der Waals surface area contributed by atoms with E-state index in [1.165, 1.54) is 11.3 Å². The normalized spacial score (nSPS) is 11.2. The molecular formula is C16H16N4O2S2. The summed E-state index contributed by atoms with van der Waals surface area (Å²) in [6, 6.07) is 16.5. The number of rotatable bonds is 6. The zero-order valence-corrected chi connectivity index (χ0v) is 14.6. The van der Waals surface area contributed by atoms with E-state index in [1.54, 1.807) is 24.3 Å². The molecule has 3 rings (SSSR count). The standard InChI is InChI=1S/C16H16N4O2S2/c1-12-7-10-16(23-12)24(21,22)20-15-9-8-14(18-19-15)17-11-13-5-3-2-4-6-13/h2-10H,11H2,1H3,(H,17,18)(H,19,20). The number of sulfonamides is 1. The molecule has 0 spiro atoms. The van der Waals surface area contributed by atoms with Gasteiger partial charge < -0.3 is 5.32 Å². The smallest absolute Gasteiger partial charge is 0.272 e. The van der Waals surface area contributed by atoms with Crippen LogP contribution >= 0.6 is 11.3 Å². The van der Waals surface area contributed by atoms with Crippen molar-refractivity contribution in [2.45, 2.75) is 17.7 Å². The Morgan fingerprint density at radius 1 is 0.958 bits per heavy atom. The largest absolute Gasteiger partial charge is 0.365 e. The van der Waals surface area contributed by atoms with Gasteiger partial charge in [-0.15, -0.1) is 21.5 Å². The van der Waals surface area contributed by atoms with Crippen molar-refractivity contribution in [2.24, 2.45) is 0 Å². The molecule has 0 bridgehead atoms. The zero-order chi connectivity index (χ0) is 17.0. The van der Waals surface area contributed by atoms with Gasteiger partial charge in [0.2, 0.25) is 0 Å². The topological polar surface area (TPSA) is 84.0 Å². The highest BCUT2D eigenvalue weighted by atomic mass is 32.2. The third-order valence-electron chi connectivity index (χ3n) is 3.20. The van der Waals surface area contributed by atoms with Crippen LogP contribution in [-0.2, 0) is 16.6 Å². The van der Waals surface area contributed by atoms with Crippen LogP contribution in [0, 0.1) is 6.92 Å². The fourth-order valence-corrected chi connectivity index (χ4v) is 4.29. The van der Waals surface area contributed by atoms with Crippen molar-refractivity contribution in [3.05, 3.63) is 65.0 Å².